The summed E-state index contributed by atoms with van der Waals surface area (Å²) in [5.74, 6) is -2.11. The number of ether oxygens (including phenoxy) is 1. The summed E-state index contributed by atoms with van der Waals surface area (Å²) in [6.45, 7) is 1.62. The molecule has 23 heavy (non-hydrogen) atoms. The molecule has 0 atom stereocenters. The maximum atomic E-state index is 13.4. The SMILES string of the molecule is CC(=O)NCCc1ccc(C(=O)COc2ccc(F)cc2F)s1. The molecule has 0 radical (unpaired) electrons. The van der Waals surface area contributed by atoms with Gasteiger partial charge in [-0.3, -0.25) is 9.59 Å². The summed E-state index contributed by atoms with van der Waals surface area (Å²) in [5, 5.41) is 2.68. The fourth-order valence-electron chi connectivity index (χ4n) is 1.83. The van der Waals surface area contributed by atoms with E-state index in [2.05, 4.69) is 5.32 Å². The van der Waals surface area contributed by atoms with Crippen LogP contribution >= 0.6 is 11.3 Å². The quantitative estimate of drug-likeness (QED) is 0.789. The van der Waals surface area contributed by atoms with Crippen LogP contribution in [0.25, 0.3) is 0 Å². The van der Waals surface area contributed by atoms with Crippen LogP contribution in [0.4, 0.5) is 8.78 Å². The molecule has 1 aromatic carbocycles. The maximum Gasteiger partial charge on any atom is 0.216 e. The van der Waals surface area contributed by atoms with Gasteiger partial charge in [0.25, 0.3) is 0 Å². The second-order valence-corrected chi connectivity index (χ2v) is 5.95. The van der Waals surface area contributed by atoms with E-state index in [1.54, 1.807) is 12.1 Å². The zero-order valence-electron chi connectivity index (χ0n) is 12.4. The molecule has 1 amide bonds. The van der Waals surface area contributed by atoms with Gasteiger partial charge in [0.1, 0.15) is 5.82 Å². The van der Waals surface area contributed by atoms with Crippen molar-refractivity contribution in [3.8, 4) is 5.75 Å². The van der Waals surface area contributed by atoms with Gasteiger partial charge in [-0.05, 0) is 30.7 Å². The number of halogens is 2. The van der Waals surface area contributed by atoms with Crippen molar-refractivity contribution >= 4 is 23.0 Å². The van der Waals surface area contributed by atoms with E-state index in [0.29, 0.717) is 23.9 Å². The first-order valence-electron chi connectivity index (χ1n) is 6.90. The Balaban J connectivity index is 1.88. The third-order valence-electron chi connectivity index (χ3n) is 2.93. The summed E-state index contributed by atoms with van der Waals surface area (Å²) in [6.07, 6.45) is 0.630. The molecule has 1 N–H and O–H groups in total. The molecule has 0 saturated carbocycles. The fraction of sp³-hybridized carbons (Fsp3) is 0.250. The predicted octanol–water partition coefficient (Wildman–Crippen LogP) is 2.97. The first-order valence-corrected chi connectivity index (χ1v) is 7.71. The molecule has 7 heteroatoms. The Hall–Kier alpha value is -2.28. The first kappa shape index (κ1) is 17.1. The molecule has 0 spiro atoms. The number of hydrogen-bond acceptors (Lipinski definition) is 4. The van der Waals surface area contributed by atoms with Gasteiger partial charge in [-0.25, -0.2) is 8.78 Å². The Labute approximate surface area is 136 Å². The molecule has 0 aliphatic heterocycles. The zero-order valence-corrected chi connectivity index (χ0v) is 13.2. The largest absolute Gasteiger partial charge is 0.482 e. The van der Waals surface area contributed by atoms with E-state index in [0.717, 1.165) is 17.0 Å². The van der Waals surface area contributed by atoms with Gasteiger partial charge >= 0.3 is 0 Å². The van der Waals surface area contributed by atoms with Crippen LogP contribution in [0, 0.1) is 11.6 Å². The predicted molar refractivity (Wildman–Crippen MR) is 82.9 cm³/mol. The van der Waals surface area contributed by atoms with Crippen molar-refractivity contribution in [1.29, 1.82) is 0 Å². The number of carbonyl (C=O) groups excluding carboxylic acids is 2. The first-order chi connectivity index (χ1) is 11.0. The van der Waals surface area contributed by atoms with Crippen molar-refractivity contribution in [3.63, 3.8) is 0 Å². The average molecular weight is 339 g/mol. The highest BCUT2D eigenvalue weighted by Crippen LogP contribution is 2.20. The minimum Gasteiger partial charge on any atom is -0.482 e. The molecular weight excluding hydrogens is 324 g/mol. The van der Waals surface area contributed by atoms with Crippen molar-refractivity contribution in [1.82, 2.24) is 5.32 Å². The molecule has 2 aromatic rings. The minimum atomic E-state index is -0.847. The number of Topliss-reactive ketones (excluding diaryl/α,β-unsaturated/α-hetero) is 1. The van der Waals surface area contributed by atoms with Crippen LogP contribution in [0.15, 0.2) is 30.3 Å². The number of rotatable bonds is 7. The highest BCUT2D eigenvalue weighted by atomic mass is 32.1. The van der Waals surface area contributed by atoms with E-state index in [9.17, 15) is 18.4 Å². The number of carbonyl (C=O) groups is 2. The Kier molecular flexibility index (Phi) is 5.81. The smallest absolute Gasteiger partial charge is 0.216 e. The Bertz CT molecular complexity index is 715. The second kappa shape index (κ2) is 7.82. The number of benzene rings is 1. The van der Waals surface area contributed by atoms with Crippen LogP contribution < -0.4 is 10.1 Å². The van der Waals surface area contributed by atoms with Crippen LogP contribution in [0.1, 0.15) is 21.5 Å². The Morgan fingerprint density at radius 1 is 1.22 bits per heavy atom. The molecule has 1 heterocycles. The maximum absolute atomic E-state index is 13.4. The summed E-state index contributed by atoms with van der Waals surface area (Å²) < 4.78 is 31.3. The molecular formula is C16H15F2NO3S. The third kappa shape index (κ3) is 5.14. The standard InChI is InChI=1S/C16H15F2NO3S/c1-10(20)19-7-6-12-3-5-16(23-12)14(21)9-22-15-4-2-11(17)8-13(15)18/h2-5,8H,6-7,9H2,1H3,(H,19,20). The van der Waals surface area contributed by atoms with Gasteiger partial charge in [0.2, 0.25) is 11.7 Å². The molecule has 4 nitrogen and oxygen atoms in total. The number of ketones is 1. The lowest BCUT2D eigenvalue weighted by molar-refractivity contribution is -0.118. The minimum absolute atomic E-state index is 0.104. The molecule has 0 aliphatic rings. The monoisotopic (exact) mass is 339 g/mol. The summed E-state index contributed by atoms with van der Waals surface area (Å²) >= 11 is 1.30. The molecule has 0 saturated heterocycles. The van der Waals surface area contributed by atoms with E-state index in [1.807, 2.05) is 0 Å². The highest BCUT2D eigenvalue weighted by Gasteiger charge is 2.12. The van der Waals surface area contributed by atoms with Crippen molar-refractivity contribution in [2.75, 3.05) is 13.2 Å². The topological polar surface area (TPSA) is 55.4 Å². The Morgan fingerprint density at radius 3 is 2.70 bits per heavy atom. The van der Waals surface area contributed by atoms with Gasteiger partial charge in [-0.2, -0.15) is 0 Å². The van der Waals surface area contributed by atoms with Gasteiger partial charge in [0, 0.05) is 24.4 Å². The van der Waals surface area contributed by atoms with E-state index < -0.39 is 11.6 Å². The highest BCUT2D eigenvalue weighted by molar-refractivity contribution is 7.14. The normalized spacial score (nSPS) is 10.4. The average Bonchev–Trinajstić information content (AvgIpc) is 2.94. The van der Waals surface area contributed by atoms with Crippen molar-refractivity contribution in [3.05, 3.63) is 51.7 Å². The van der Waals surface area contributed by atoms with Crippen molar-refractivity contribution in [2.24, 2.45) is 0 Å². The van der Waals surface area contributed by atoms with Crippen LogP contribution in [0.3, 0.4) is 0 Å². The van der Waals surface area contributed by atoms with Crippen LogP contribution in [0.2, 0.25) is 0 Å². The lowest BCUT2D eigenvalue weighted by Crippen LogP contribution is -2.22. The molecule has 2 rings (SSSR count). The third-order valence-corrected chi connectivity index (χ3v) is 4.12. The molecule has 0 unspecified atom stereocenters. The molecule has 0 bridgehead atoms. The van der Waals surface area contributed by atoms with Gasteiger partial charge < -0.3 is 10.1 Å². The van der Waals surface area contributed by atoms with Crippen molar-refractivity contribution < 1.29 is 23.1 Å². The lowest BCUT2D eigenvalue weighted by atomic mass is 10.3. The number of hydrogen-bond donors (Lipinski definition) is 1. The molecule has 0 aliphatic carbocycles. The second-order valence-electron chi connectivity index (χ2n) is 4.79. The fourth-order valence-corrected chi connectivity index (χ4v) is 2.76. The van der Waals surface area contributed by atoms with E-state index >= 15 is 0 Å². The summed E-state index contributed by atoms with van der Waals surface area (Å²) in [5.41, 5.74) is 0. The van der Waals surface area contributed by atoms with Gasteiger partial charge in [0.05, 0.1) is 4.88 Å². The molecule has 1 aromatic heterocycles. The van der Waals surface area contributed by atoms with E-state index in [4.69, 9.17) is 4.74 Å². The molecule has 0 fully saturated rings. The number of nitrogens with one attached hydrogen (secondary N) is 1. The van der Waals surface area contributed by atoms with Crippen LogP contribution in [-0.2, 0) is 11.2 Å². The summed E-state index contributed by atoms with van der Waals surface area (Å²) in [6, 6.07) is 6.38. The number of thiophene rings is 1. The summed E-state index contributed by atoms with van der Waals surface area (Å²) in [7, 11) is 0. The van der Waals surface area contributed by atoms with Gasteiger partial charge in [-0.1, -0.05) is 0 Å². The van der Waals surface area contributed by atoms with Gasteiger partial charge in [-0.15, -0.1) is 11.3 Å². The Morgan fingerprint density at radius 2 is 2.00 bits per heavy atom. The van der Waals surface area contributed by atoms with Gasteiger partial charge in [0.15, 0.2) is 18.2 Å². The molecule has 122 valence electrons. The zero-order chi connectivity index (χ0) is 16.8. The van der Waals surface area contributed by atoms with Crippen LogP contribution in [0.5, 0.6) is 5.75 Å². The van der Waals surface area contributed by atoms with E-state index in [1.165, 1.54) is 18.3 Å². The lowest BCUT2D eigenvalue weighted by Gasteiger charge is -2.05. The summed E-state index contributed by atoms with van der Waals surface area (Å²) in [4.78, 5) is 24.2. The van der Waals surface area contributed by atoms with Crippen molar-refractivity contribution in [2.45, 2.75) is 13.3 Å². The van der Waals surface area contributed by atoms with Crippen LogP contribution in [-0.4, -0.2) is 24.8 Å². The number of amides is 1. The van der Waals surface area contributed by atoms with E-state index in [-0.39, 0.29) is 24.0 Å².